The van der Waals surface area contributed by atoms with Crippen molar-refractivity contribution in [2.45, 2.75) is 19.0 Å². The van der Waals surface area contributed by atoms with E-state index in [1.807, 2.05) is 43.6 Å². The van der Waals surface area contributed by atoms with Crippen molar-refractivity contribution < 1.29 is 4.79 Å². The van der Waals surface area contributed by atoms with Crippen LogP contribution in [0.3, 0.4) is 0 Å². The van der Waals surface area contributed by atoms with Gasteiger partial charge in [-0.3, -0.25) is 9.89 Å². The summed E-state index contributed by atoms with van der Waals surface area (Å²) < 4.78 is 0. The Morgan fingerprint density at radius 2 is 2.20 bits per heavy atom. The van der Waals surface area contributed by atoms with Crippen LogP contribution in [0.5, 0.6) is 0 Å². The Bertz CT molecular complexity index is 593. The summed E-state index contributed by atoms with van der Waals surface area (Å²) in [6, 6.07) is 10.0. The van der Waals surface area contributed by atoms with E-state index in [1.54, 1.807) is 4.90 Å². The van der Waals surface area contributed by atoms with Crippen molar-refractivity contribution >= 4 is 5.91 Å². The molecule has 1 aliphatic rings. The van der Waals surface area contributed by atoms with Crippen molar-refractivity contribution in [1.29, 1.82) is 0 Å². The Hall–Kier alpha value is -2.14. The first-order chi connectivity index (χ1) is 9.75. The second-order valence-corrected chi connectivity index (χ2v) is 5.12. The van der Waals surface area contributed by atoms with E-state index < -0.39 is 0 Å². The van der Waals surface area contributed by atoms with Crippen LogP contribution in [-0.2, 0) is 11.3 Å². The summed E-state index contributed by atoms with van der Waals surface area (Å²) >= 11 is 0. The average Bonchev–Trinajstić information content (AvgIpc) is 3.07. The maximum atomic E-state index is 11.9. The van der Waals surface area contributed by atoms with Crippen LogP contribution in [0.1, 0.15) is 12.0 Å². The van der Waals surface area contributed by atoms with Gasteiger partial charge >= 0.3 is 0 Å². The zero-order chi connectivity index (χ0) is 13.9. The van der Waals surface area contributed by atoms with E-state index in [-0.39, 0.29) is 11.9 Å². The van der Waals surface area contributed by atoms with Crippen LogP contribution in [0.2, 0.25) is 0 Å². The van der Waals surface area contributed by atoms with Gasteiger partial charge in [-0.25, -0.2) is 0 Å². The van der Waals surface area contributed by atoms with Crippen molar-refractivity contribution in [1.82, 2.24) is 20.4 Å². The van der Waals surface area contributed by atoms with Gasteiger partial charge in [-0.1, -0.05) is 30.3 Å². The van der Waals surface area contributed by atoms with Crippen molar-refractivity contribution in [3.05, 3.63) is 42.1 Å². The van der Waals surface area contributed by atoms with Gasteiger partial charge in [0, 0.05) is 25.7 Å². The number of aromatic nitrogens is 2. The van der Waals surface area contributed by atoms with Gasteiger partial charge in [0.1, 0.15) is 0 Å². The molecule has 0 bridgehead atoms. The van der Waals surface area contributed by atoms with E-state index in [0.29, 0.717) is 6.54 Å². The lowest BCUT2D eigenvalue weighted by Crippen LogP contribution is -2.36. The maximum Gasteiger partial charge on any atom is 0.239 e. The highest BCUT2D eigenvalue weighted by atomic mass is 16.2. The Balaban J connectivity index is 1.70. The van der Waals surface area contributed by atoms with Gasteiger partial charge < -0.3 is 10.2 Å². The molecule has 1 aromatic heterocycles. The van der Waals surface area contributed by atoms with Gasteiger partial charge in [0.05, 0.1) is 17.9 Å². The van der Waals surface area contributed by atoms with E-state index in [1.165, 1.54) is 0 Å². The maximum absolute atomic E-state index is 11.9. The fourth-order valence-corrected chi connectivity index (χ4v) is 2.54. The number of H-pyrrole nitrogens is 1. The number of nitrogens with zero attached hydrogens (tertiary/aromatic N) is 2. The van der Waals surface area contributed by atoms with Crippen LogP contribution >= 0.6 is 0 Å². The molecule has 1 amide bonds. The van der Waals surface area contributed by atoms with Gasteiger partial charge in [-0.15, -0.1) is 0 Å². The molecule has 0 saturated carbocycles. The number of hydrogen-bond acceptors (Lipinski definition) is 3. The number of carbonyl (C=O) groups is 1. The van der Waals surface area contributed by atoms with Gasteiger partial charge in [-0.05, 0) is 12.0 Å². The number of likely N-dealkylation sites (tertiary alicyclic amines) is 1. The fourth-order valence-electron chi connectivity index (χ4n) is 2.54. The predicted molar refractivity (Wildman–Crippen MR) is 76.9 cm³/mol. The largest absolute Gasteiger partial charge is 0.344 e. The number of hydrogen-bond donors (Lipinski definition) is 2. The van der Waals surface area contributed by atoms with E-state index in [0.717, 1.165) is 29.8 Å². The SMILES string of the molecule is CN1CCC(NCc2cn[nH]c2-c2ccccc2)C1=O. The third-order valence-electron chi connectivity index (χ3n) is 3.75. The Morgan fingerprint density at radius 3 is 2.90 bits per heavy atom. The topological polar surface area (TPSA) is 61.0 Å². The fraction of sp³-hybridized carbons (Fsp3) is 0.333. The average molecular weight is 270 g/mol. The summed E-state index contributed by atoms with van der Waals surface area (Å²) in [4.78, 5) is 13.6. The molecule has 2 heterocycles. The molecule has 5 heteroatoms. The van der Waals surface area contributed by atoms with Crippen molar-refractivity contribution in [3.63, 3.8) is 0 Å². The standard InChI is InChI=1S/C15H18N4O/c1-19-8-7-13(15(19)20)16-9-12-10-17-18-14(12)11-5-3-2-4-6-11/h2-6,10,13,16H,7-9H2,1H3,(H,17,18). The van der Waals surface area contributed by atoms with Crippen LogP contribution < -0.4 is 5.32 Å². The van der Waals surface area contributed by atoms with Crippen LogP contribution in [0.15, 0.2) is 36.5 Å². The molecule has 1 aromatic carbocycles. The first kappa shape index (κ1) is 12.9. The summed E-state index contributed by atoms with van der Waals surface area (Å²) in [5.41, 5.74) is 3.20. The molecule has 2 aromatic rings. The van der Waals surface area contributed by atoms with E-state index in [4.69, 9.17) is 0 Å². The summed E-state index contributed by atoms with van der Waals surface area (Å²) in [7, 11) is 1.84. The zero-order valence-corrected chi connectivity index (χ0v) is 11.5. The van der Waals surface area contributed by atoms with Crippen LogP contribution in [0.25, 0.3) is 11.3 Å². The summed E-state index contributed by atoms with van der Waals surface area (Å²) in [6.45, 7) is 1.47. The Labute approximate surface area is 118 Å². The molecule has 1 atom stereocenters. The number of nitrogens with one attached hydrogen (secondary N) is 2. The van der Waals surface area contributed by atoms with Crippen molar-refractivity contribution in [2.75, 3.05) is 13.6 Å². The van der Waals surface area contributed by atoms with Gasteiger partial charge in [0.15, 0.2) is 0 Å². The number of rotatable bonds is 4. The third kappa shape index (κ3) is 2.44. The molecular weight excluding hydrogens is 252 g/mol. The minimum absolute atomic E-state index is 0.0708. The molecule has 0 aliphatic carbocycles. The highest BCUT2D eigenvalue weighted by Gasteiger charge is 2.28. The van der Waals surface area contributed by atoms with Crippen molar-refractivity contribution in [2.24, 2.45) is 0 Å². The summed E-state index contributed by atoms with van der Waals surface area (Å²) in [5.74, 6) is 0.176. The molecule has 5 nitrogen and oxygen atoms in total. The Kier molecular flexibility index (Phi) is 3.52. The van der Waals surface area contributed by atoms with Crippen molar-refractivity contribution in [3.8, 4) is 11.3 Å². The highest BCUT2D eigenvalue weighted by Crippen LogP contribution is 2.21. The number of aromatic amines is 1. The van der Waals surface area contributed by atoms with Gasteiger partial charge in [-0.2, -0.15) is 5.10 Å². The van der Waals surface area contributed by atoms with Gasteiger partial charge in [0.25, 0.3) is 0 Å². The minimum atomic E-state index is -0.0708. The number of amides is 1. The molecule has 0 radical (unpaired) electrons. The molecule has 3 rings (SSSR count). The summed E-state index contributed by atoms with van der Waals surface area (Å²) in [5, 5.41) is 10.5. The smallest absolute Gasteiger partial charge is 0.239 e. The molecular formula is C15H18N4O. The van der Waals surface area contributed by atoms with Crippen LogP contribution in [0, 0.1) is 0 Å². The monoisotopic (exact) mass is 270 g/mol. The molecule has 1 unspecified atom stereocenters. The summed E-state index contributed by atoms with van der Waals surface area (Å²) in [6.07, 6.45) is 2.69. The molecule has 2 N–H and O–H groups in total. The molecule has 104 valence electrons. The van der Waals surface area contributed by atoms with Crippen LogP contribution in [0.4, 0.5) is 0 Å². The van der Waals surface area contributed by atoms with E-state index in [2.05, 4.69) is 15.5 Å². The van der Waals surface area contributed by atoms with Gasteiger partial charge in [0.2, 0.25) is 5.91 Å². The van der Waals surface area contributed by atoms with E-state index >= 15 is 0 Å². The number of carbonyl (C=O) groups excluding carboxylic acids is 1. The lowest BCUT2D eigenvalue weighted by atomic mass is 10.1. The first-order valence-corrected chi connectivity index (χ1v) is 6.82. The van der Waals surface area contributed by atoms with Crippen LogP contribution in [-0.4, -0.2) is 40.6 Å². The first-order valence-electron chi connectivity index (χ1n) is 6.82. The minimum Gasteiger partial charge on any atom is -0.344 e. The Morgan fingerprint density at radius 1 is 1.40 bits per heavy atom. The molecule has 20 heavy (non-hydrogen) atoms. The predicted octanol–water partition coefficient (Wildman–Crippen LogP) is 1.40. The normalized spacial score (nSPS) is 18.8. The zero-order valence-electron chi connectivity index (χ0n) is 11.5. The number of likely N-dealkylation sites (N-methyl/N-ethyl adjacent to an activating group) is 1. The molecule has 1 fully saturated rings. The van der Waals surface area contributed by atoms with E-state index in [9.17, 15) is 4.79 Å². The lowest BCUT2D eigenvalue weighted by molar-refractivity contribution is -0.128. The number of benzene rings is 1. The molecule has 1 aliphatic heterocycles. The molecule has 1 saturated heterocycles. The lowest BCUT2D eigenvalue weighted by Gasteiger charge is -2.12. The quantitative estimate of drug-likeness (QED) is 0.882. The second kappa shape index (κ2) is 5.46. The third-order valence-corrected chi connectivity index (χ3v) is 3.75. The molecule has 0 spiro atoms. The second-order valence-electron chi connectivity index (χ2n) is 5.12. The highest BCUT2D eigenvalue weighted by molar-refractivity contribution is 5.83.